The van der Waals surface area contributed by atoms with Crippen molar-refractivity contribution in [1.82, 2.24) is 0 Å². The quantitative estimate of drug-likeness (QED) is 0.605. The van der Waals surface area contributed by atoms with Crippen molar-refractivity contribution in [2.45, 2.75) is 26.7 Å². The zero-order valence-electron chi connectivity index (χ0n) is 7.46. The first-order chi connectivity index (χ1) is 5.70. The van der Waals surface area contributed by atoms with Gasteiger partial charge in [0.05, 0.1) is 0 Å². The molecule has 0 aliphatic heterocycles. The third-order valence-electron chi connectivity index (χ3n) is 1.11. The molecule has 0 spiro atoms. The molecule has 0 saturated heterocycles. The Morgan fingerprint density at radius 1 is 1.42 bits per heavy atom. The fourth-order valence-corrected chi connectivity index (χ4v) is 1.38. The van der Waals surface area contributed by atoms with Crippen LogP contribution in [0, 0.1) is 0 Å². The first kappa shape index (κ1) is 11.7. The van der Waals surface area contributed by atoms with Crippen LogP contribution < -0.4 is 0 Å². The van der Waals surface area contributed by atoms with Crippen molar-refractivity contribution in [3.8, 4) is 0 Å². The predicted molar refractivity (Wildman–Crippen MR) is 46.5 cm³/mol. The van der Waals surface area contributed by atoms with Crippen LogP contribution in [0.15, 0.2) is 0 Å². The van der Waals surface area contributed by atoms with Crippen LogP contribution >= 0.6 is 8.03 Å². The third-order valence-corrected chi connectivity index (χ3v) is 2.00. The lowest BCUT2D eigenvalue weighted by molar-refractivity contribution is -0.134. The van der Waals surface area contributed by atoms with Gasteiger partial charge in [0.1, 0.15) is 6.35 Å². The van der Waals surface area contributed by atoms with Crippen molar-refractivity contribution >= 4 is 14.0 Å². The van der Waals surface area contributed by atoms with Gasteiger partial charge in [0, 0.05) is 13.0 Å². The molecule has 0 radical (unpaired) electrons. The zero-order chi connectivity index (χ0) is 9.40. The molecule has 0 aliphatic rings. The average molecular weight is 194 g/mol. The SMILES string of the molecule is CCCC(=O)O[PH](=O)COCC. The molecular weight excluding hydrogens is 179 g/mol. The summed E-state index contributed by atoms with van der Waals surface area (Å²) in [6.45, 7) is 4.14. The van der Waals surface area contributed by atoms with Crippen LogP contribution in [0.1, 0.15) is 26.7 Å². The molecule has 0 saturated carbocycles. The molecule has 0 rings (SSSR count). The van der Waals surface area contributed by atoms with Crippen LogP contribution in [0.2, 0.25) is 0 Å². The Morgan fingerprint density at radius 2 is 2.08 bits per heavy atom. The minimum Gasteiger partial charge on any atom is -0.412 e. The monoisotopic (exact) mass is 194 g/mol. The normalized spacial score (nSPS) is 12.5. The van der Waals surface area contributed by atoms with Crippen LogP contribution in [-0.4, -0.2) is 18.9 Å². The maximum absolute atomic E-state index is 10.9. The van der Waals surface area contributed by atoms with Gasteiger partial charge in [0.15, 0.2) is 0 Å². The second-order valence-corrected chi connectivity index (χ2v) is 3.47. The lowest BCUT2D eigenvalue weighted by Crippen LogP contribution is -1.99. The molecule has 1 atom stereocenters. The summed E-state index contributed by atoms with van der Waals surface area (Å²) in [6.07, 6.45) is 1.07. The Hall–Kier alpha value is -0.340. The molecule has 5 heteroatoms. The van der Waals surface area contributed by atoms with Crippen molar-refractivity contribution < 1.29 is 18.6 Å². The van der Waals surface area contributed by atoms with E-state index in [0.29, 0.717) is 19.4 Å². The van der Waals surface area contributed by atoms with Crippen LogP contribution in [0.5, 0.6) is 0 Å². The smallest absolute Gasteiger partial charge is 0.310 e. The molecule has 0 heterocycles. The third kappa shape index (κ3) is 6.38. The molecular formula is C7H15O4P. The maximum atomic E-state index is 10.9. The van der Waals surface area contributed by atoms with Gasteiger partial charge in [-0.25, -0.2) is 0 Å². The number of ether oxygens (including phenoxy) is 1. The highest BCUT2D eigenvalue weighted by atomic mass is 31.1. The molecule has 4 nitrogen and oxygen atoms in total. The van der Waals surface area contributed by atoms with E-state index in [4.69, 9.17) is 4.74 Å². The van der Waals surface area contributed by atoms with Gasteiger partial charge in [0.25, 0.3) is 8.03 Å². The molecule has 0 amide bonds. The molecule has 0 aromatic rings. The van der Waals surface area contributed by atoms with Gasteiger partial charge in [-0.2, -0.15) is 0 Å². The number of hydrogen-bond donors (Lipinski definition) is 0. The van der Waals surface area contributed by atoms with E-state index in [-0.39, 0.29) is 6.35 Å². The van der Waals surface area contributed by atoms with Gasteiger partial charge < -0.3 is 9.26 Å². The number of hydrogen-bond acceptors (Lipinski definition) is 4. The van der Waals surface area contributed by atoms with E-state index in [1.165, 1.54) is 0 Å². The minimum atomic E-state index is -2.30. The molecule has 0 bridgehead atoms. The highest BCUT2D eigenvalue weighted by molar-refractivity contribution is 7.39. The summed E-state index contributed by atoms with van der Waals surface area (Å²) >= 11 is 0. The Labute approximate surface area is 73.1 Å². The Morgan fingerprint density at radius 3 is 2.58 bits per heavy atom. The topological polar surface area (TPSA) is 52.6 Å². The summed E-state index contributed by atoms with van der Waals surface area (Å²) in [5, 5.41) is 0. The number of carbonyl (C=O) groups excluding carboxylic acids is 1. The van der Waals surface area contributed by atoms with E-state index in [1.54, 1.807) is 6.92 Å². The molecule has 72 valence electrons. The van der Waals surface area contributed by atoms with Crippen molar-refractivity contribution in [1.29, 1.82) is 0 Å². The second-order valence-electron chi connectivity index (χ2n) is 2.23. The fourth-order valence-electron chi connectivity index (χ4n) is 0.597. The summed E-state index contributed by atoms with van der Waals surface area (Å²) < 4.78 is 20.3. The average Bonchev–Trinajstić information content (AvgIpc) is 2.01. The Kier molecular flexibility index (Phi) is 7.11. The second kappa shape index (κ2) is 7.32. The molecule has 0 aromatic heterocycles. The van der Waals surface area contributed by atoms with Gasteiger partial charge in [-0.05, 0) is 13.3 Å². The molecule has 1 unspecified atom stereocenters. The summed E-state index contributed by atoms with van der Waals surface area (Å²) in [5.74, 6) is -0.402. The highest BCUT2D eigenvalue weighted by Crippen LogP contribution is 2.22. The van der Waals surface area contributed by atoms with Crippen molar-refractivity contribution in [2.24, 2.45) is 0 Å². The van der Waals surface area contributed by atoms with Crippen LogP contribution in [0.3, 0.4) is 0 Å². The Bertz CT molecular complexity index is 157. The van der Waals surface area contributed by atoms with Gasteiger partial charge >= 0.3 is 5.97 Å². The molecule has 0 fully saturated rings. The van der Waals surface area contributed by atoms with Gasteiger partial charge in [0.2, 0.25) is 0 Å². The van der Waals surface area contributed by atoms with Gasteiger partial charge in [-0.15, -0.1) is 0 Å². The van der Waals surface area contributed by atoms with Crippen LogP contribution in [0.25, 0.3) is 0 Å². The van der Waals surface area contributed by atoms with E-state index in [0.717, 1.165) is 0 Å². The predicted octanol–water partition coefficient (Wildman–Crippen LogP) is 1.80. The molecule has 0 N–H and O–H groups in total. The minimum absolute atomic E-state index is 0.0383. The summed E-state index contributed by atoms with van der Waals surface area (Å²) in [6, 6.07) is 0. The highest BCUT2D eigenvalue weighted by Gasteiger charge is 2.05. The van der Waals surface area contributed by atoms with E-state index in [9.17, 15) is 9.36 Å². The first-order valence-electron chi connectivity index (χ1n) is 4.02. The lowest BCUT2D eigenvalue weighted by Gasteiger charge is -2.03. The van der Waals surface area contributed by atoms with Gasteiger partial charge in [-0.1, -0.05) is 6.92 Å². The largest absolute Gasteiger partial charge is 0.412 e. The number of rotatable bonds is 6. The fraction of sp³-hybridized carbons (Fsp3) is 0.857. The lowest BCUT2D eigenvalue weighted by atomic mass is 10.4. The Balaban J connectivity index is 3.47. The number of carbonyl (C=O) groups is 1. The zero-order valence-corrected chi connectivity index (χ0v) is 8.46. The summed E-state index contributed by atoms with van der Waals surface area (Å²) in [4.78, 5) is 10.8. The first-order valence-corrected chi connectivity index (χ1v) is 5.54. The van der Waals surface area contributed by atoms with Crippen molar-refractivity contribution in [3.05, 3.63) is 0 Å². The van der Waals surface area contributed by atoms with Crippen molar-refractivity contribution in [3.63, 3.8) is 0 Å². The summed E-state index contributed by atoms with van der Waals surface area (Å²) in [7, 11) is -2.30. The summed E-state index contributed by atoms with van der Waals surface area (Å²) in [5.41, 5.74) is 0. The van der Waals surface area contributed by atoms with E-state index in [1.807, 2.05) is 6.92 Å². The molecule has 0 aliphatic carbocycles. The van der Waals surface area contributed by atoms with E-state index >= 15 is 0 Å². The molecule has 0 aromatic carbocycles. The van der Waals surface area contributed by atoms with Crippen molar-refractivity contribution in [2.75, 3.05) is 13.0 Å². The van der Waals surface area contributed by atoms with E-state index < -0.39 is 14.0 Å². The maximum Gasteiger partial charge on any atom is 0.310 e. The van der Waals surface area contributed by atoms with E-state index in [2.05, 4.69) is 4.52 Å². The standard InChI is InChI=1S/C7H15O4P/c1-3-5-7(8)11-12(9)6-10-4-2/h12H,3-6H2,1-2H3. The van der Waals surface area contributed by atoms with Crippen LogP contribution in [-0.2, 0) is 18.6 Å². The van der Waals surface area contributed by atoms with Gasteiger partial charge in [-0.3, -0.25) is 9.36 Å². The molecule has 12 heavy (non-hydrogen) atoms. The van der Waals surface area contributed by atoms with Crippen LogP contribution in [0.4, 0.5) is 0 Å².